The summed E-state index contributed by atoms with van der Waals surface area (Å²) in [4.78, 5) is 24.3. The van der Waals surface area contributed by atoms with Crippen molar-refractivity contribution < 1.29 is 9.53 Å². The van der Waals surface area contributed by atoms with E-state index >= 15 is 0 Å². The Morgan fingerprint density at radius 1 is 1.23 bits per heavy atom. The topological polar surface area (TPSA) is 73.1 Å². The van der Waals surface area contributed by atoms with Gasteiger partial charge in [-0.2, -0.15) is 5.10 Å². The first-order valence-corrected chi connectivity index (χ1v) is 10.5. The van der Waals surface area contributed by atoms with Crippen LogP contribution in [0.1, 0.15) is 41.6 Å². The van der Waals surface area contributed by atoms with Gasteiger partial charge in [-0.15, -0.1) is 0 Å². The standard InChI is InChI=1S/C22H23N5O2S/c1-14(2)27-12-10-17(25-27)21(28)26(13-16-7-5-6-11-23-16)22-24-19-18(29-4)9-8-15(3)20(19)30-22/h5-12,14H,13H2,1-4H3. The molecule has 1 amide bonds. The maximum absolute atomic E-state index is 13.5. The molecule has 154 valence electrons. The lowest BCUT2D eigenvalue weighted by atomic mass is 10.2. The molecule has 7 nitrogen and oxygen atoms in total. The monoisotopic (exact) mass is 421 g/mol. The van der Waals surface area contributed by atoms with Crippen molar-refractivity contribution in [3.8, 4) is 5.75 Å². The van der Waals surface area contributed by atoms with Crippen LogP contribution in [0, 0.1) is 6.92 Å². The van der Waals surface area contributed by atoms with Gasteiger partial charge in [-0.3, -0.25) is 19.4 Å². The van der Waals surface area contributed by atoms with Crippen molar-refractivity contribution in [1.82, 2.24) is 19.7 Å². The summed E-state index contributed by atoms with van der Waals surface area (Å²) in [5, 5.41) is 5.05. The van der Waals surface area contributed by atoms with Gasteiger partial charge in [0.15, 0.2) is 10.8 Å². The SMILES string of the molecule is COc1ccc(C)c2sc(N(Cc3ccccn3)C(=O)c3ccn(C(C)C)n3)nc12. The number of aromatic nitrogens is 4. The molecule has 0 bridgehead atoms. The molecule has 0 spiro atoms. The maximum atomic E-state index is 13.5. The van der Waals surface area contributed by atoms with E-state index in [2.05, 4.69) is 10.1 Å². The summed E-state index contributed by atoms with van der Waals surface area (Å²) in [5.74, 6) is 0.475. The normalized spacial score (nSPS) is 11.2. The summed E-state index contributed by atoms with van der Waals surface area (Å²) >= 11 is 1.47. The van der Waals surface area contributed by atoms with Gasteiger partial charge < -0.3 is 4.74 Å². The number of hydrogen-bond donors (Lipinski definition) is 0. The number of rotatable bonds is 6. The molecule has 0 radical (unpaired) electrons. The average Bonchev–Trinajstić information content (AvgIpc) is 3.41. The minimum Gasteiger partial charge on any atom is -0.494 e. The van der Waals surface area contributed by atoms with Crippen LogP contribution in [0.25, 0.3) is 10.2 Å². The van der Waals surface area contributed by atoms with E-state index in [0.717, 1.165) is 21.5 Å². The molecule has 0 aliphatic carbocycles. The molecule has 3 aromatic heterocycles. The molecule has 0 saturated carbocycles. The van der Waals surface area contributed by atoms with E-state index in [1.54, 1.807) is 29.0 Å². The van der Waals surface area contributed by atoms with Gasteiger partial charge in [-0.05, 0) is 50.6 Å². The minimum absolute atomic E-state index is 0.171. The Morgan fingerprint density at radius 2 is 2.07 bits per heavy atom. The van der Waals surface area contributed by atoms with Crippen molar-refractivity contribution >= 4 is 32.6 Å². The fourth-order valence-corrected chi connectivity index (χ4v) is 4.19. The second-order valence-electron chi connectivity index (χ2n) is 7.25. The second kappa shape index (κ2) is 8.23. The van der Waals surface area contributed by atoms with E-state index in [-0.39, 0.29) is 11.9 Å². The van der Waals surface area contributed by atoms with E-state index in [1.165, 1.54) is 11.3 Å². The first kappa shape index (κ1) is 20.0. The van der Waals surface area contributed by atoms with Crippen LogP contribution in [0.4, 0.5) is 5.13 Å². The number of pyridine rings is 1. The molecule has 3 heterocycles. The number of anilines is 1. The quantitative estimate of drug-likeness (QED) is 0.454. The Kier molecular flexibility index (Phi) is 5.50. The van der Waals surface area contributed by atoms with E-state index < -0.39 is 0 Å². The maximum Gasteiger partial charge on any atom is 0.280 e. The fraction of sp³-hybridized carbons (Fsp3) is 0.273. The molecule has 8 heteroatoms. The summed E-state index contributed by atoms with van der Waals surface area (Å²) in [6, 6.07) is 11.5. The molecule has 30 heavy (non-hydrogen) atoms. The lowest BCUT2D eigenvalue weighted by Crippen LogP contribution is -2.31. The molecular formula is C22H23N5O2S. The van der Waals surface area contributed by atoms with Crippen LogP contribution in [0.2, 0.25) is 0 Å². The highest BCUT2D eigenvalue weighted by molar-refractivity contribution is 7.22. The third kappa shape index (κ3) is 3.78. The molecule has 4 aromatic rings. The zero-order valence-corrected chi connectivity index (χ0v) is 18.2. The first-order chi connectivity index (χ1) is 14.5. The molecule has 0 N–H and O–H groups in total. The Labute approximate surface area is 179 Å². The van der Waals surface area contributed by atoms with Crippen LogP contribution in [-0.4, -0.2) is 32.8 Å². The zero-order valence-electron chi connectivity index (χ0n) is 17.4. The summed E-state index contributed by atoms with van der Waals surface area (Å²) in [5.41, 5.74) is 2.99. The molecule has 0 saturated heterocycles. The van der Waals surface area contributed by atoms with Crippen molar-refractivity contribution in [2.75, 3.05) is 12.0 Å². The third-order valence-electron chi connectivity index (χ3n) is 4.79. The average molecular weight is 422 g/mol. The van der Waals surface area contributed by atoms with Crippen LogP contribution in [0.5, 0.6) is 5.75 Å². The highest BCUT2D eigenvalue weighted by Crippen LogP contribution is 2.37. The van der Waals surface area contributed by atoms with Gasteiger partial charge in [0.25, 0.3) is 5.91 Å². The van der Waals surface area contributed by atoms with Crippen LogP contribution in [0.3, 0.4) is 0 Å². The van der Waals surface area contributed by atoms with Crippen molar-refractivity contribution in [1.29, 1.82) is 0 Å². The van der Waals surface area contributed by atoms with E-state index in [1.807, 2.05) is 57.3 Å². The number of methoxy groups -OCH3 is 1. The van der Waals surface area contributed by atoms with Crippen LogP contribution < -0.4 is 9.64 Å². The molecule has 0 aliphatic heterocycles. The van der Waals surface area contributed by atoms with E-state index in [4.69, 9.17) is 9.72 Å². The summed E-state index contributed by atoms with van der Waals surface area (Å²) in [6.07, 6.45) is 3.54. The Bertz CT molecular complexity index is 1180. The van der Waals surface area contributed by atoms with Crippen molar-refractivity contribution in [2.45, 2.75) is 33.4 Å². The molecule has 1 aromatic carbocycles. The number of hydrogen-bond acceptors (Lipinski definition) is 6. The molecule has 0 atom stereocenters. The summed E-state index contributed by atoms with van der Waals surface area (Å²) < 4.78 is 8.25. The number of thiazole rings is 1. The highest BCUT2D eigenvalue weighted by atomic mass is 32.1. The largest absolute Gasteiger partial charge is 0.494 e. The number of carbonyl (C=O) groups is 1. The predicted octanol–water partition coefficient (Wildman–Crippen LogP) is 4.63. The number of carbonyl (C=O) groups excluding carboxylic acids is 1. The Hall–Kier alpha value is -3.26. The van der Waals surface area contributed by atoms with Crippen LogP contribution in [0.15, 0.2) is 48.8 Å². The van der Waals surface area contributed by atoms with E-state index in [9.17, 15) is 4.79 Å². The molecule has 0 fully saturated rings. The molecular weight excluding hydrogens is 398 g/mol. The number of benzene rings is 1. The van der Waals surface area contributed by atoms with Crippen molar-refractivity contribution in [3.63, 3.8) is 0 Å². The number of aryl methyl sites for hydroxylation is 1. The predicted molar refractivity (Wildman–Crippen MR) is 118 cm³/mol. The Balaban J connectivity index is 1.79. The minimum atomic E-state index is -0.212. The number of amides is 1. The van der Waals surface area contributed by atoms with Gasteiger partial charge in [0.05, 0.1) is 24.0 Å². The van der Waals surface area contributed by atoms with Gasteiger partial charge >= 0.3 is 0 Å². The van der Waals surface area contributed by atoms with Gasteiger partial charge in [-0.25, -0.2) is 4.98 Å². The van der Waals surface area contributed by atoms with Gasteiger partial charge in [0, 0.05) is 18.4 Å². The fourth-order valence-electron chi connectivity index (χ4n) is 3.14. The van der Waals surface area contributed by atoms with Crippen LogP contribution in [-0.2, 0) is 6.54 Å². The third-order valence-corrected chi connectivity index (χ3v) is 6.00. The smallest absolute Gasteiger partial charge is 0.280 e. The Morgan fingerprint density at radius 3 is 2.73 bits per heavy atom. The first-order valence-electron chi connectivity index (χ1n) is 9.69. The van der Waals surface area contributed by atoms with Gasteiger partial charge in [0.1, 0.15) is 11.3 Å². The summed E-state index contributed by atoms with van der Waals surface area (Å²) in [7, 11) is 1.62. The highest BCUT2D eigenvalue weighted by Gasteiger charge is 2.25. The van der Waals surface area contributed by atoms with Gasteiger partial charge in [-0.1, -0.05) is 23.5 Å². The molecule has 0 aliphatic rings. The molecule has 0 unspecified atom stereocenters. The number of ether oxygens (including phenoxy) is 1. The van der Waals surface area contributed by atoms with Crippen molar-refractivity contribution in [2.24, 2.45) is 0 Å². The van der Waals surface area contributed by atoms with Gasteiger partial charge in [0.2, 0.25) is 0 Å². The van der Waals surface area contributed by atoms with E-state index in [0.29, 0.717) is 23.1 Å². The summed E-state index contributed by atoms with van der Waals surface area (Å²) in [6.45, 7) is 6.37. The lowest BCUT2D eigenvalue weighted by molar-refractivity contribution is 0.0979. The van der Waals surface area contributed by atoms with Crippen molar-refractivity contribution in [3.05, 3.63) is 65.7 Å². The number of fused-ring (bicyclic) bond motifs is 1. The van der Waals surface area contributed by atoms with Crippen LogP contribution >= 0.6 is 11.3 Å². The molecule has 4 rings (SSSR count). The lowest BCUT2D eigenvalue weighted by Gasteiger charge is -2.18. The zero-order chi connectivity index (χ0) is 21.3. The second-order valence-corrected chi connectivity index (χ2v) is 8.22. The number of nitrogens with zero attached hydrogens (tertiary/aromatic N) is 5.